The third kappa shape index (κ3) is 4.62. The van der Waals surface area contributed by atoms with Crippen LogP contribution in [0.4, 0.5) is 17.1 Å². The topological polar surface area (TPSA) is 3.24 Å². The van der Waals surface area contributed by atoms with E-state index in [1.807, 2.05) is 11.3 Å². The van der Waals surface area contributed by atoms with Gasteiger partial charge in [-0.05, 0) is 104 Å². The second-order valence-corrected chi connectivity index (χ2v) is 16.2. The summed E-state index contributed by atoms with van der Waals surface area (Å²) < 4.78 is 2.62. The molecule has 0 N–H and O–H groups in total. The molecule has 1 heterocycles. The minimum Gasteiger partial charge on any atom is -0.310 e. The number of hydrogen-bond acceptors (Lipinski definition) is 2. The lowest BCUT2D eigenvalue weighted by atomic mass is 9.70. The molecule has 1 aromatic heterocycles. The molecule has 0 aliphatic heterocycles. The van der Waals surface area contributed by atoms with Gasteiger partial charge >= 0.3 is 0 Å². The van der Waals surface area contributed by atoms with Gasteiger partial charge in [-0.2, -0.15) is 0 Å². The number of para-hydroxylation sites is 1. The van der Waals surface area contributed by atoms with Crippen LogP contribution in [-0.2, 0) is 5.41 Å². The van der Waals surface area contributed by atoms with Crippen molar-refractivity contribution < 1.29 is 0 Å². The Kier molecular flexibility index (Phi) is 7.08. The van der Waals surface area contributed by atoms with Gasteiger partial charge in [0.25, 0.3) is 0 Å². The SMILES string of the molecule is c1ccc(-c2ccc(N(c3ccc4c(c3)-c3ccccc3C43c4ccccc4-c4ccccc43)c3ccccc3-c3cccc4sc5ccccc5c34)cc2)cc1. The van der Waals surface area contributed by atoms with Crippen LogP contribution in [0.5, 0.6) is 0 Å². The Hall–Kier alpha value is -7.00. The van der Waals surface area contributed by atoms with E-state index in [0.29, 0.717) is 0 Å². The van der Waals surface area contributed by atoms with Gasteiger partial charge in [0.15, 0.2) is 0 Å². The summed E-state index contributed by atoms with van der Waals surface area (Å²) in [6.07, 6.45) is 0. The van der Waals surface area contributed by atoms with E-state index in [2.05, 4.69) is 217 Å². The first-order valence-electron chi connectivity index (χ1n) is 19.7. The summed E-state index contributed by atoms with van der Waals surface area (Å²) in [4.78, 5) is 2.47. The highest BCUT2D eigenvalue weighted by Gasteiger charge is 2.51. The lowest BCUT2D eigenvalue weighted by molar-refractivity contribution is 0.794. The fourth-order valence-corrected chi connectivity index (χ4v) is 11.1. The summed E-state index contributed by atoms with van der Waals surface area (Å²) in [5.41, 5.74) is 18.5. The molecule has 0 saturated carbocycles. The van der Waals surface area contributed by atoms with Gasteiger partial charge in [-0.1, -0.05) is 170 Å². The fourth-order valence-electron chi connectivity index (χ4n) is 9.98. The van der Waals surface area contributed by atoms with Crippen molar-refractivity contribution in [1.82, 2.24) is 0 Å². The van der Waals surface area contributed by atoms with Crippen molar-refractivity contribution in [1.29, 1.82) is 0 Å². The summed E-state index contributed by atoms with van der Waals surface area (Å²) >= 11 is 1.87. The van der Waals surface area contributed by atoms with Gasteiger partial charge in [-0.25, -0.2) is 0 Å². The zero-order chi connectivity index (χ0) is 37.5. The van der Waals surface area contributed by atoms with E-state index in [4.69, 9.17) is 0 Å². The molecule has 266 valence electrons. The zero-order valence-corrected chi connectivity index (χ0v) is 31.9. The molecular formula is C55H35NS. The van der Waals surface area contributed by atoms with Crippen molar-refractivity contribution in [2.75, 3.05) is 4.90 Å². The molecule has 0 bridgehead atoms. The molecule has 10 aromatic rings. The van der Waals surface area contributed by atoms with E-state index >= 15 is 0 Å². The zero-order valence-electron chi connectivity index (χ0n) is 31.1. The number of benzene rings is 9. The highest BCUT2D eigenvalue weighted by atomic mass is 32.1. The van der Waals surface area contributed by atoms with Gasteiger partial charge in [0, 0.05) is 37.1 Å². The van der Waals surface area contributed by atoms with E-state index in [-0.39, 0.29) is 5.41 Å². The Labute approximate surface area is 336 Å². The van der Waals surface area contributed by atoms with Gasteiger partial charge in [-0.15, -0.1) is 11.3 Å². The summed E-state index contributed by atoms with van der Waals surface area (Å²) in [6, 6.07) is 78.7. The van der Waals surface area contributed by atoms with E-state index in [1.54, 1.807) is 0 Å². The van der Waals surface area contributed by atoms with Crippen LogP contribution in [0.25, 0.3) is 64.7 Å². The molecule has 1 nitrogen and oxygen atoms in total. The lowest BCUT2D eigenvalue weighted by Crippen LogP contribution is -2.25. The number of thiophene rings is 1. The predicted octanol–water partition coefficient (Wildman–Crippen LogP) is 15.2. The van der Waals surface area contributed by atoms with Crippen LogP contribution in [0.2, 0.25) is 0 Å². The van der Waals surface area contributed by atoms with Crippen LogP contribution in [0.3, 0.4) is 0 Å². The Balaban J connectivity index is 1.11. The van der Waals surface area contributed by atoms with Crippen LogP contribution < -0.4 is 4.90 Å². The molecule has 12 rings (SSSR count). The van der Waals surface area contributed by atoms with Crippen molar-refractivity contribution in [3.63, 3.8) is 0 Å². The quantitative estimate of drug-likeness (QED) is 0.170. The molecule has 2 aliphatic rings. The maximum Gasteiger partial charge on any atom is 0.0725 e. The minimum absolute atomic E-state index is 0.382. The molecule has 0 amide bonds. The minimum atomic E-state index is -0.382. The highest BCUT2D eigenvalue weighted by Crippen LogP contribution is 2.63. The van der Waals surface area contributed by atoms with Gasteiger partial charge in [0.1, 0.15) is 0 Å². The van der Waals surface area contributed by atoms with Gasteiger partial charge < -0.3 is 4.90 Å². The summed E-state index contributed by atoms with van der Waals surface area (Å²) in [5, 5.41) is 2.62. The molecule has 0 fully saturated rings. The summed E-state index contributed by atoms with van der Waals surface area (Å²) in [5.74, 6) is 0. The summed E-state index contributed by atoms with van der Waals surface area (Å²) in [6.45, 7) is 0. The molecule has 2 aliphatic carbocycles. The molecule has 0 radical (unpaired) electrons. The van der Waals surface area contributed by atoms with Crippen LogP contribution >= 0.6 is 11.3 Å². The van der Waals surface area contributed by atoms with Crippen molar-refractivity contribution in [3.05, 3.63) is 235 Å². The largest absolute Gasteiger partial charge is 0.310 e. The average molecular weight is 742 g/mol. The molecule has 0 atom stereocenters. The molecule has 57 heavy (non-hydrogen) atoms. The first-order valence-corrected chi connectivity index (χ1v) is 20.5. The molecule has 0 unspecified atom stereocenters. The molecule has 9 aromatic carbocycles. The van der Waals surface area contributed by atoms with Crippen LogP contribution in [0.1, 0.15) is 22.3 Å². The Morgan fingerprint density at radius 2 is 0.842 bits per heavy atom. The standard InChI is InChI=1S/C55H35NS/c1-2-15-36(16-3-1)37-29-31-38(32-30-37)56(51-26-12-7-20-43(51)44-22-14-28-53-54(44)45-21-8-13-27-52(45)57-53)39-33-34-50-46(35-39)42-19-6-11-25-49(42)55(50)47-23-9-4-17-40(47)41-18-5-10-24-48(41)55/h1-35H. The smallest absolute Gasteiger partial charge is 0.0725 e. The number of anilines is 3. The van der Waals surface area contributed by atoms with E-state index in [0.717, 1.165) is 17.1 Å². The second kappa shape index (κ2) is 12.5. The maximum atomic E-state index is 2.47. The Morgan fingerprint density at radius 3 is 1.56 bits per heavy atom. The van der Waals surface area contributed by atoms with Crippen molar-refractivity contribution >= 4 is 48.6 Å². The number of hydrogen-bond donors (Lipinski definition) is 0. The molecule has 2 heteroatoms. The van der Waals surface area contributed by atoms with Crippen LogP contribution in [0, 0.1) is 0 Å². The van der Waals surface area contributed by atoms with E-state index in [1.165, 1.54) is 86.9 Å². The van der Waals surface area contributed by atoms with Crippen molar-refractivity contribution in [2.24, 2.45) is 0 Å². The van der Waals surface area contributed by atoms with Crippen molar-refractivity contribution in [3.8, 4) is 44.5 Å². The molecule has 1 spiro atoms. The van der Waals surface area contributed by atoms with Crippen LogP contribution in [-0.4, -0.2) is 0 Å². The predicted molar refractivity (Wildman–Crippen MR) is 241 cm³/mol. The third-order valence-electron chi connectivity index (χ3n) is 12.3. The first-order chi connectivity index (χ1) is 28.3. The molecule has 0 saturated heterocycles. The normalized spacial score (nSPS) is 13.1. The first kappa shape index (κ1) is 32.3. The second-order valence-electron chi connectivity index (χ2n) is 15.2. The van der Waals surface area contributed by atoms with Gasteiger partial charge in [-0.3, -0.25) is 0 Å². The third-order valence-corrected chi connectivity index (χ3v) is 13.4. The van der Waals surface area contributed by atoms with Gasteiger partial charge in [0.2, 0.25) is 0 Å². The monoisotopic (exact) mass is 741 g/mol. The molecular weight excluding hydrogens is 707 g/mol. The van der Waals surface area contributed by atoms with E-state index < -0.39 is 0 Å². The number of fused-ring (bicyclic) bond motifs is 13. The number of nitrogens with zero attached hydrogens (tertiary/aromatic N) is 1. The van der Waals surface area contributed by atoms with Gasteiger partial charge in [0.05, 0.1) is 11.1 Å². The average Bonchev–Trinajstić information content (AvgIpc) is 3.91. The summed E-state index contributed by atoms with van der Waals surface area (Å²) in [7, 11) is 0. The Bertz CT molecular complexity index is 3140. The van der Waals surface area contributed by atoms with Crippen LogP contribution in [0.15, 0.2) is 212 Å². The Morgan fingerprint density at radius 1 is 0.333 bits per heavy atom. The fraction of sp³-hybridized carbons (Fsp3) is 0.0182. The highest BCUT2D eigenvalue weighted by molar-refractivity contribution is 7.25. The maximum absolute atomic E-state index is 2.47. The van der Waals surface area contributed by atoms with Crippen molar-refractivity contribution in [2.45, 2.75) is 5.41 Å². The van der Waals surface area contributed by atoms with E-state index in [9.17, 15) is 0 Å². The number of rotatable bonds is 5. The lowest BCUT2D eigenvalue weighted by Gasteiger charge is -2.31.